The van der Waals surface area contributed by atoms with Gasteiger partial charge in [-0.25, -0.2) is 0 Å². The molecule has 0 aliphatic carbocycles. The first-order valence-corrected chi connectivity index (χ1v) is 6.56. The topological polar surface area (TPSA) is 37.3 Å². The van der Waals surface area contributed by atoms with Gasteiger partial charge in [-0.05, 0) is 33.1 Å². The van der Waals surface area contributed by atoms with Crippen LogP contribution in [0.3, 0.4) is 0 Å². The third-order valence-electron chi connectivity index (χ3n) is 3.21. The Balaban J connectivity index is 2.05. The highest BCUT2D eigenvalue weighted by Gasteiger charge is 2.12. The molecule has 4 nitrogen and oxygen atoms in total. The lowest BCUT2D eigenvalue weighted by Gasteiger charge is -2.09. The van der Waals surface area contributed by atoms with Gasteiger partial charge in [0, 0.05) is 30.7 Å². The van der Waals surface area contributed by atoms with Crippen molar-refractivity contribution in [1.82, 2.24) is 14.8 Å². The van der Waals surface area contributed by atoms with Crippen LogP contribution in [0, 0.1) is 0 Å². The van der Waals surface area contributed by atoms with Crippen LogP contribution < -0.4 is 5.32 Å². The van der Waals surface area contributed by atoms with Crippen molar-refractivity contribution in [2.75, 3.05) is 27.2 Å². The molecule has 2 aromatic rings. The molecule has 0 unspecified atom stereocenters. The number of amides is 1. The number of nitrogens with zero attached hydrogens (tertiary/aromatic N) is 2. The second-order valence-electron chi connectivity index (χ2n) is 5.08. The van der Waals surface area contributed by atoms with Gasteiger partial charge >= 0.3 is 0 Å². The highest BCUT2D eigenvalue weighted by atomic mass is 16.1. The molecule has 0 atom stereocenters. The Bertz CT molecular complexity index is 572. The van der Waals surface area contributed by atoms with E-state index >= 15 is 0 Å². The smallest absolute Gasteiger partial charge is 0.253 e. The lowest BCUT2D eigenvalue weighted by Crippen LogP contribution is -2.26. The summed E-state index contributed by atoms with van der Waals surface area (Å²) in [5, 5.41) is 3.99. The predicted octanol–water partition coefficient (Wildman–Crippen LogP) is 1.86. The van der Waals surface area contributed by atoms with E-state index in [0.29, 0.717) is 6.54 Å². The number of aryl methyl sites for hydroxylation is 1. The number of aromatic nitrogens is 1. The zero-order valence-corrected chi connectivity index (χ0v) is 11.8. The maximum Gasteiger partial charge on any atom is 0.253 e. The third kappa shape index (κ3) is 3.15. The minimum Gasteiger partial charge on any atom is -0.352 e. The molecule has 0 bridgehead atoms. The molecule has 0 radical (unpaired) electrons. The van der Waals surface area contributed by atoms with Crippen molar-refractivity contribution in [3.05, 3.63) is 36.0 Å². The van der Waals surface area contributed by atoms with Crippen molar-refractivity contribution < 1.29 is 4.79 Å². The van der Waals surface area contributed by atoms with Gasteiger partial charge in [0.1, 0.15) is 0 Å². The molecule has 1 aromatic heterocycles. The molecule has 0 saturated heterocycles. The zero-order valence-electron chi connectivity index (χ0n) is 11.8. The van der Waals surface area contributed by atoms with Crippen molar-refractivity contribution in [3.8, 4) is 0 Å². The minimum atomic E-state index is 0.00977. The van der Waals surface area contributed by atoms with E-state index in [1.54, 1.807) is 0 Å². The SMILES string of the molecule is CN(C)CCCNC(=O)c1cn(C)c2ccccc12. The zero-order chi connectivity index (χ0) is 13.8. The van der Waals surface area contributed by atoms with Crippen LogP contribution in [-0.4, -0.2) is 42.6 Å². The summed E-state index contributed by atoms with van der Waals surface area (Å²) >= 11 is 0. The van der Waals surface area contributed by atoms with E-state index < -0.39 is 0 Å². The number of para-hydroxylation sites is 1. The maximum atomic E-state index is 12.2. The second-order valence-corrected chi connectivity index (χ2v) is 5.08. The summed E-state index contributed by atoms with van der Waals surface area (Å²) in [5.41, 5.74) is 1.84. The van der Waals surface area contributed by atoms with Gasteiger partial charge in [-0.3, -0.25) is 4.79 Å². The van der Waals surface area contributed by atoms with Crippen LogP contribution in [-0.2, 0) is 7.05 Å². The first-order valence-electron chi connectivity index (χ1n) is 6.56. The lowest BCUT2D eigenvalue weighted by molar-refractivity contribution is 0.0954. The largest absolute Gasteiger partial charge is 0.352 e. The van der Waals surface area contributed by atoms with Gasteiger partial charge in [0.05, 0.1) is 5.56 Å². The molecule has 2 rings (SSSR count). The van der Waals surface area contributed by atoms with Crippen molar-refractivity contribution in [2.45, 2.75) is 6.42 Å². The van der Waals surface area contributed by atoms with Crippen LogP contribution >= 0.6 is 0 Å². The van der Waals surface area contributed by atoms with Crippen molar-refractivity contribution in [2.24, 2.45) is 7.05 Å². The molecule has 0 fully saturated rings. The molecule has 102 valence electrons. The summed E-state index contributed by atoms with van der Waals surface area (Å²) in [5.74, 6) is 0.00977. The van der Waals surface area contributed by atoms with Gasteiger partial charge in [-0.2, -0.15) is 0 Å². The number of rotatable bonds is 5. The van der Waals surface area contributed by atoms with E-state index in [1.165, 1.54) is 0 Å². The molecule has 0 aliphatic heterocycles. The van der Waals surface area contributed by atoms with Crippen LogP contribution in [0.1, 0.15) is 16.8 Å². The van der Waals surface area contributed by atoms with Crippen molar-refractivity contribution in [1.29, 1.82) is 0 Å². The summed E-state index contributed by atoms with van der Waals surface area (Å²) in [6, 6.07) is 7.97. The molecule has 0 saturated carbocycles. The highest BCUT2D eigenvalue weighted by Crippen LogP contribution is 2.19. The number of hydrogen-bond acceptors (Lipinski definition) is 2. The molecular formula is C15H21N3O. The highest BCUT2D eigenvalue weighted by molar-refractivity contribution is 6.06. The molecule has 0 spiro atoms. The Hall–Kier alpha value is -1.81. The molecule has 1 aromatic carbocycles. The van der Waals surface area contributed by atoms with E-state index in [1.807, 2.05) is 56.2 Å². The average molecular weight is 259 g/mol. The van der Waals surface area contributed by atoms with Crippen molar-refractivity contribution in [3.63, 3.8) is 0 Å². The van der Waals surface area contributed by atoms with E-state index in [0.717, 1.165) is 29.4 Å². The van der Waals surface area contributed by atoms with Gasteiger partial charge < -0.3 is 14.8 Å². The molecule has 1 heterocycles. The van der Waals surface area contributed by atoms with Crippen molar-refractivity contribution >= 4 is 16.8 Å². The summed E-state index contributed by atoms with van der Waals surface area (Å²) in [6.45, 7) is 1.69. The number of fused-ring (bicyclic) bond motifs is 1. The number of nitrogens with one attached hydrogen (secondary N) is 1. The Kier molecular flexibility index (Phi) is 4.22. The first kappa shape index (κ1) is 13.6. The number of carbonyl (C=O) groups is 1. The molecule has 1 amide bonds. The second kappa shape index (κ2) is 5.89. The fourth-order valence-electron chi connectivity index (χ4n) is 2.22. The molecule has 19 heavy (non-hydrogen) atoms. The quantitative estimate of drug-likeness (QED) is 0.832. The Labute approximate surface area is 114 Å². The summed E-state index contributed by atoms with van der Waals surface area (Å²) < 4.78 is 1.99. The number of hydrogen-bond donors (Lipinski definition) is 1. The monoisotopic (exact) mass is 259 g/mol. The van der Waals surface area contributed by atoms with Crippen LogP contribution in [0.2, 0.25) is 0 Å². The van der Waals surface area contributed by atoms with Crippen LogP contribution in [0.4, 0.5) is 0 Å². The van der Waals surface area contributed by atoms with E-state index in [9.17, 15) is 4.79 Å². The number of carbonyl (C=O) groups excluding carboxylic acids is 1. The predicted molar refractivity (Wildman–Crippen MR) is 78.4 cm³/mol. The fourth-order valence-corrected chi connectivity index (χ4v) is 2.22. The van der Waals surface area contributed by atoms with Gasteiger partial charge in [0.15, 0.2) is 0 Å². The average Bonchev–Trinajstić information content (AvgIpc) is 2.72. The molecule has 0 aliphatic rings. The van der Waals surface area contributed by atoms with Crippen LogP contribution in [0.15, 0.2) is 30.5 Å². The summed E-state index contributed by atoms with van der Waals surface area (Å²) in [6.07, 6.45) is 2.86. The van der Waals surface area contributed by atoms with Gasteiger partial charge in [0.25, 0.3) is 5.91 Å². The Morgan fingerprint density at radius 3 is 2.79 bits per heavy atom. The van der Waals surface area contributed by atoms with E-state index in [4.69, 9.17) is 0 Å². The van der Waals surface area contributed by atoms with Crippen LogP contribution in [0.5, 0.6) is 0 Å². The third-order valence-corrected chi connectivity index (χ3v) is 3.21. The van der Waals surface area contributed by atoms with Gasteiger partial charge in [-0.1, -0.05) is 18.2 Å². The lowest BCUT2D eigenvalue weighted by atomic mass is 10.1. The Morgan fingerprint density at radius 1 is 1.32 bits per heavy atom. The van der Waals surface area contributed by atoms with E-state index in [2.05, 4.69) is 10.2 Å². The minimum absolute atomic E-state index is 0.00977. The maximum absolute atomic E-state index is 12.2. The van der Waals surface area contributed by atoms with E-state index in [-0.39, 0.29) is 5.91 Å². The molecular weight excluding hydrogens is 238 g/mol. The number of benzene rings is 1. The standard InChI is InChI=1S/C15H21N3O/c1-17(2)10-6-9-16-15(19)13-11-18(3)14-8-5-4-7-12(13)14/h4-5,7-8,11H,6,9-10H2,1-3H3,(H,16,19). The fraction of sp³-hybridized carbons (Fsp3) is 0.400. The van der Waals surface area contributed by atoms with Crippen LogP contribution in [0.25, 0.3) is 10.9 Å². The first-order chi connectivity index (χ1) is 9.09. The normalized spacial score (nSPS) is 11.2. The van der Waals surface area contributed by atoms with Gasteiger partial charge in [-0.15, -0.1) is 0 Å². The molecule has 1 N–H and O–H groups in total. The Morgan fingerprint density at radius 2 is 2.05 bits per heavy atom. The molecule has 4 heteroatoms. The summed E-state index contributed by atoms with van der Waals surface area (Å²) in [7, 11) is 6.03. The van der Waals surface area contributed by atoms with Gasteiger partial charge in [0.2, 0.25) is 0 Å². The summed E-state index contributed by atoms with van der Waals surface area (Å²) in [4.78, 5) is 14.3.